The van der Waals surface area contributed by atoms with Gasteiger partial charge in [-0.3, -0.25) is 9.36 Å². The standard InChI is InChI=1S/C10H7ClN2O3/c11-10-12-8-6(2-1-3-7(8)15)9(16)13(10)4-5-14/h1-3,5,15H,4H2. The Morgan fingerprint density at radius 3 is 2.94 bits per heavy atom. The Bertz CT molecular complexity index is 621. The Kier molecular flexibility index (Phi) is 2.62. The first-order chi connectivity index (χ1) is 7.65. The minimum Gasteiger partial charge on any atom is -0.506 e. The van der Waals surface area contributed by atoms with Gasteiger partial charge >= 0.3 is 0 Å². The number of hydrogen-bond acceptors (Lipinski definition) is 4. The van der Waals surface area contributed by atoms with Crippen LogP contribution in [0, 0.1) is 0 Å². The lowest BCUT2D eigenvalue weighted by molar-refractivity contribution is -0.108. The highest BCUT2D eigenvalue weighted by Crippen LogP contribution is 2.20. The van der Waals surface area contributed by atoms with Crippen molar-refractivity contribution in [2.24, 2.45) is 0 Å². The van der Waals surface area contributed by atoms with Crippen LogP contribution >= 0.6 is 11.6 Å². The molecule has 0 fully saturated rings. The molecule has 5 nitrogen and oxygen atoms in total. The van der Waals surface area contributed by atoms with Crippen LogP contribution in [0.15, 0.2) is 23.0 Å². The molecule has 0 atom stereocenters. The number of carbonyl (C=O) groups is 1. The smallest absolute Gasteiger partial charge is 0.262 e. The molecule has 1 aromatic carbocycles. The zero-order valence-corrected chi connectivity index (χ0v) is 8.81. The maximum atomic E-state index is 11.9. The van der Waals surface area contributed by atoms with Gasteiger partial charge in [-0.15, -0.1) is 0 Å². The molecule has 0 bridgehead atoms. The molecule has 0 aliphatic carbocycles. The Balaban J connectivity index is 2.89. The fraction of sp³-hybridized carbons (Fsp3) is 0.100. The van der Waals surface area contributed by atoms with E-state index < -0.39 is 5.56 Å². The van der Waals surface area contributed by atoms with Crippen molar-refractivity contribution < 1.29 is 9.90 Å². The van der Waals surface area contributed by atoms with Crippen molar-refractivity contribution in [3.8, 4) is 5.75 Å². The second-order valence-electron chi connectivity index (χ2n) is 3.14. The van der Waals surface area contributed by atoms with E-state index in [0.717, 1.165) is 4.57 Å². The number of aromatic hydroxyl groups is 1. The maximum Gasteiger partial charge on any atom is 0.262 e. The second-order valence-corrected chi connectivity index (χ2v) is 3.47. The van der Waals surface area contributed by atoms with E-state index in [1.54, 1.807) is 0 Å². The minimum atomic E-state index is -0.446. The van der Waals surface area contributed by atoms with Gasteiger partial charge in [0.1, 0.15) is 17.6 Å². The molecule has 0 saturated heterocycles. The summed E-state index contributed by atoms with van der Waals surface area (Å²) in [7, 11) is 0. The van der Waals surface area contributed by atoms with Crippen molar-refractivity contribution >= 4 is 28.8 Å². The van der Waals surface area contributed by atoms with Crippen molar-refractivity contribution in [2.75, 3.05) is 0 Å². The fourth-order valence-corrected chi connectivity index (χ4v) is 1.67. The number of para-hydroxylation sites is 1. The quantitative estimate of drug-likeness (QED) is 0.625. The van der Waals surface area contributed by atoms with Gasteiger partial charge in [0.2, 0.25) is 5.28 Å². The summed E-state index contributed by atoms with van der Waals surface area (Å²) < 4.78 is 1.04. The van der Waals surface area contributed by atoms with Crippen molar-refractivity contribution in [3.63, 3.8) is 0 Å². The van der Waals surface area contributed by atoms with E-state index in [2.05, 4.69) is 4.98 Å². The van der Waals surface area contributed by atoms with E-state index in [4.69, 9.17) is 11.6 Å². The largest absolute Gasteiger partial charge is 0.506 e. The van der Waals surface area contributed by atoms with E-state index in [0.29, 0.717) is 6.29 Å². The van der Waals surface area contributed by atoms with Crippen LogP contribution < -0.4 is 5.56 Å². The molecule has 1 N–H and O–H groups in total. The van der Waals surface area contributed by atoms with Crippen molar-refractivity contribution in [1.82, 2.24) is 9.55 Å². The summed E-state index contributed by atoms with van der Waals surface area (Å²) in [6.45, 7) is -0.156. The lowest BCUT2D eigenvalue weighted by Crippen LogP contribution is -2.22. The molecule has 0 saturated carbocycles. The van der Waals surface area contributed by atoms with Crippen LogP contribution in [0.25, 0.3) is 10.9 Å². The number of carbonyl (C=O) groups excluding carboxylic acids is 1. The Morgan fingerprint density at radius 1 is 1.50 bits per heavy atom. The molecule has 0 unspecified atom stereocenters. The first-order valence-electron chi connectivity index (χ1n) is 4.47. The first-order valence-corrected chi connectivity index (χ1v) is 4.84. The molecule has 0 amide bonds. The number of aromatic nitrogens is 2. The lowest BCUT2D eigenvalue weighted by atomic mass is 10.2. The highest BCUT2D eigenvalue weighted by Gasteiger charge is 2.11. The van der Waals surface area contributed by atoms with Gasteiger partial charge in [-0.05, 0) is 23.7 Å². The molecule has 6 heteroatoms. The monoisotopic (exact) mass is 238 g/mol. The third kappa shape index (κ3) is 1.55. The summed E-state index contributed by atoms with van der Waals surface area (Å²) in [5.74, 6) is -0.116. The van der Waals surface area contributed by atoms with Crippen LogP contribution in [0.3, 0.4) is 0 Å². The van der Waals surface area contributed by atoms with Crippen LogP contribution in [0.5, 0.6) is 5.75 Å². The van der Waals surface area contributed by atoms with E-state index in [1.165, 1.54) is 18.2 Å². The average Bonchev–Trinajstić information content (AvgIpc) is 2.26. The van der Waals surface area contributed by atoms with Gasteiger partial charge in [-0.2, -0.15) is 0 Å². The molecule has 0 radical (unpaired) electrons. The van der Waals surface area contributed by atoms with Gasteiger partial charge in [0.15, 0.2) is 0 Å². The Morgan fingerprint density at radius 2 is 2.25 bits per heavy atom. The third-order valence-corrected chi connectivity index (χ3v) is 2.46. The van der Waals surface area contributed by atoms with Crippen molar-refractivity contribution in [2.45, 2.75) is 6.54 Å². The highest BCUT2D eigenvalue weighted by atomic mass is 35.5. The van der Waals surface area contributed by atoms with Gasteiger partial charge in [0.25, 0.3) is 5.56 Å². The summed E-state index contributed by atoms with van der Waals surface area (Å²) in [6.07, 6.45) is 0.559. The van der Waals surface area contributed by atoms with Crippen LogP contribution in [0.1, 0.15) is 0 Å². The van der Waals surface area contributed by atoms with Crippen LogP contribution in [0.2, 0.25) is 5.28 Å². The van der Waals surface area contributed by atoms with Crippen molar-refractivity contribution in [3.05, 3.63) is 33.8 Å². The van der Waals surface area contributed by atoms with Gasteiger partial charge in [0.05, 0.1) is 11.9 Å². The summed E-state index contributed by atoms with van der Waals surface area (Å²) in [6, 6.07) is 4.46. The average molecular weight is 239 g/mol. The Labute approximate surface area is 94.9 Å². The molecular formula is C10H7ClN2O3. The first kappa shape index (κ1) is 10.6. The number of hydrogen-bond donors (Lipinski definition) is 1. The third-order valence-electron chi connectivity index (χ3n) is 2.17. The molecule has 16 heavy (non-hydrogen) atoms. The molecule has 0 spiro atoms. The van der Waals surface area contributed by atoms with Crippen LogP contribution in [-0.2, 0) is 11.3 Å². The van der Waals surface area contributed by atoms with E-state index in [1.807, 2.05) is 0 Å². The lowest BCUT2D eigenvalue weighted by Gasteiger charge is -2.06. The fourth-order valence-electron chi connectivity index (χ4n) is 1.44. The summed E-state index contributed by atoms with van der Waals surface area (Å²) >= 11 is 5.74. The number of fused-ring (bicyclic) bond motifs is 1. The summed E-state index contributed by atoms with van der Waals surface area (Å²) in [4.78, 5) is 26.1. The predicted octanol–water partition coefficient (Wildman–Crippen LogP) is 0.954. The van der Waals surface area contributed by atoms with Crippen LogP contribution in [0.4, 0.5) is 0 Å². The van der Waals surface area contributed by atoms with Gasteiger partial charge in [-0.1, -0.05) is 6.07 Å². The molecule has 1 aromatic heterocycles. The topological polar surface area (TPSA) is 72.2 Å². The van der Waals surface area contributed by atoms with Crippen molar-refractivity contribution in [1.29, 1.82) is 0 Å². The van der Waals surface area contributed by atoms with Gasteiger partial charge in [0, 0.05) is 0 Å². The summed E-state index contributed by atoms with van der Waals surface area (Å²) in [5.41, 5.74) is -0.308. The van der Waals surface area contributed by atoms with Crippen LogP contribution in [-0.4, -0.2) is 20.9 Å². The Hall–Kier alpha value is -1.88. The number of phenolic OH excluding ortho intramolecular Hbond substituents is 1. The SMILES string of the molecule is O=CCn1c(Cl)nc2c(O)cccc2c1=O. The molecule has 2 rings (SSSR count). The van der Waals surface area contributed by atoms with Gasteiger partial charge < -0.3 is 9.90 Å². The molecular weight excluding hydrogens is 232 g/mol. The molecule has 82 valence electrons. The van der Waals surface area contributed by atoms with E-state index in [-0.39, 0.29) is 28.5 Å². The number of rotatable bonds is 2. The number of nitrogens with zero attached hydrogens (tertiary/aromatic N) is 2. The number of aldehydes is 1. The molecule has 0 aliphatic rings. The number of benzene rings is 1. The van der Waals surface area contributed by atoms with E-state index >= 15 is 0 Å². The predicted molar refractivity (Wildman–Crippen MR) is 58.7 cm³/mol. The second kappa shape index (κ2) is 3.94. The zero-order valence-electron chi connectivity index (χ0n) is 8.05. The molecule has 1 heterocycles. The summed E-state index contributed by atoms with van der Waals surface area (Å²) in [5, 5.41) is 9.61. The maximum absolute atomic E-state index is 11.9. The minimum absolute atomic E-state index is 0.116. The van der Waals surface area contributed by atoms with Gasteiger partial charge in [-0.25, -0.2) is 4.98 Å². The number of phenols is 1. The van der Waals surface area contributed by atoms with E-state index in [9.17, 15) is 14.7 Å². The highest BCUT2D eigenvalue weighted by molar-refractivity contribution is 6.28. The normalized spacial score (nSPS) is 10.6. The zero-order chi connectivity index (χ0) is 11.7. The molecule has 2 aromatic rings. The number of halogens is 1. The molecule has 0 aliphatic heterocycles.